The molecule has 104 valence electrons. The maximum absolute atomic E-state index is 13.7. The molecule has 5 heteroatoms. The highest BCUT2D eigenvalue weighted by atomic mass is 35.5. The van der Waals surface area contributed by atoms with Gasteiger partial charge in [0, 0.05) is 5.56 Å². The molecule has 0 spiro atoms. The lowest BCUT2D eigenvalue weighted by Crippen LogP contribution is -2.13. The van der Waals surface area contributed by atoms with Crippen molar-refractivity contribution in [3.05, 3.63) is 64.4 Å². The lowest BCUT2D eigenvalue weighted by atomic mass is 10.1. The second kappa shape index (κ2) is 6.50. The minimum atomic E-state index is -0.637. The molecule has 0 heterocycles. The Kier molecular flexibility index (Phi) is 4.71. The Morgan fingerprint density at radius 3 is 2.55 bits per heavy atom. The molecule has 0 fully saturated rings. The van der Waals surface area contributed by atoms with Gasteiger partial charge in [0.15, 0.2) is 5.82 Å². The molecular weight excluding hydrogens is 279 g/mol. The summed E-state index contributed by atoms with van der Waals surface area (Å²) in [7, 11) is 0. The second-order valence-electron chi connectivity index (χ2n) is 4.29. The van der Waals surface area contributed by atoms with E-state index in [1.165, 1.54) is 12.1 Å². The molecular formula is C15H14ClFN2O. The van der Waals surface area contributed by atoms with Gasteiger partial charge < -0.3 is 11.1 Å². The summed E-state index contributed by atoms with van der Waals surface area (Å²) in [4.78, 5) is 12.0. The molecule has 2 aromatic carbocycles. The van der Waals surface area contributed by atoms with Gasteiger partial charge in [-0.3, -0.25) is 4.79 Å². The topological polar surface area (TPSA) is 55.1 Å². The molecule has 0 aliphatic carbocycles. The summed E-state index contributed by atoms with van der Waals surface area (Å²) in [6, 6.07) is 11.5. The number of nitrogens with one attached hydrogen (secondary N) is 1. The minimum absolute atomic E-state index is 0.0268. The Morgan fingerprint density at radius 2 is 1.90 bits per heavy atom. The van der Waals surface area contributed by atoms with E-state index >= 15 is 0 Å². The van der Waals surface area contributed by atoms with Gasteiger partial charge in [0.2, 0.25) is 0 Å². The predicted molar refractivity (Wildman–Crippen MR) is 78.6 cm³/mol. The molecule has 0 radical (unpaired) electrons. The van der Waals surface area contributed by atoms with E-state index in [1.54, 1.807) is 18.2 Å². The minimum Gasteiger partial charge on any atom is -0.330 e. The van der Waals surface area contributed by atoms with Gasteiger partial charge in [-0.25, -0.2) is 4.39 Å². The lowest BCUT2D eigenvalue weighted by Gasteiger charge is -2.08. The number of hydrogen-bond acceptors (Lipinski definition) is 2. The second-order valence-corrected chi connectivity index (χ2v) is 4.70. The van der Waals surface area contributed by atoms with E-state index in [0.717, 1.165) is 12.0 Å². The third-order valence-corrected chi connectivity index (χ3v) is 3.14. The summed E-state index contributed by atoms with van der Waals surface area (Å²) in [6.07, 6.45) is 0.755. The lowest BCUT2D eigenvalue weighted by molar-refractivity contribution is 0.102. The first kappa shape index (κ1) is 14.5. The number of carbonyl (C=O) groups is 1. The van der Waals surface area contributed by atoms with Crippen LogP contribution in [0.15, 0.2) is 42.5 Å². The quantitative estimate of drug-likeness (QED) is 0.909. The van der Waals surface area contributed by atoms with Crippen LogP contribution in [0.1, 0.15) is 15.9 Å². The fourth-order valence-corrected chi connectivity index (χ4v) is 1.96. The number of halogens is 2. The largest absolute Gasteiger partial charge is 0.330 e. The number of carbonyl (C=O) groups excluding carboxylic acids is 1. The predicted octanol–water partition coefficient (Wildman–Crippen LogP) is 3.23. The van der Waals surface area contributed by atoms with Crippen molar-refractivity contribution < 1.29 is 9.18 Å². The zero-order chi connectivity index (χ0) is 14.5. The average molecular weight is 293 g/mol. The molecule has 0 atom stereocenters. The molecule has 0 aromatic heterocycles. The van der Waals surface area contributed by atoms with Gasteiger partial charge in [0.1, 0.15) is 0 Å². The zero-order valence-corrected chi connectivity index (χ0v) is 11.5. The highest BCUT2D eigenvalue weighted by molar-refractivity contribution is 6.31. The summed E-state index contributed by atoms with van der Waals surface area (Å²) < 4.78 is 13.7. The number of anilines is 1. The van der Waals surface area contributed by atoms with Crippen molar-refractivity contribution in [2.45, 2.75) is 6.42 Å². The summed E-state index contributed by atoms with van der Waals surface area (Å²) >= 11 is 5.66. The number of benzene rings is 2. The molecule has 0 saturated carbocycles. The highest BCUT2D eigenvalue weighted by Crippen LogP contribution is 2.22. The van der Waals surface area contributed by atoms with Crippen molar-refractivity contribution in [1.82, 2.24) is 0 Å². The van der Waals surface area contributed by atoms with E-state index in [0.29, 0.717) is 12.1 Å². The number of amides is 1. The van der Waals surface area contributed by atoms with Crippen LogP contribution in [0.3, 0.4) is 0 Å². The molecule has 0 saturated heterocycles. The SMILES string of the molecule is NCCc1ccc(C(=O)Nc2cccc(Cl)c2F)cc1. The third-order valence-electron chi connectivity index (χ3n) is 2.85. The van der Waals surface area contributed by atoms with Crippen LogP contribution in [0.2, 0.25) is 5.02 Å². The summed E-state index contributed by atoms with van der Waals surface area (Å²) in [5, 5.41) is 2.47. The fourth-order valence-electron chi connectivity index (χ4n) is 1.78. The van der Waals surface area contributed by atoms with E-state index < -0.39 is 5.82 Å². The first-order chi connectivity index (χ1) is 9.61. The van der Waals surface area contributed by atoms with Crippen LogP contribution in [0, 0.1) is 5.82 Å². The summed E-state index contributed by atoms with van der Waals surface area (Å²) in [6.45, 7) is 0.555. The van der Waals surface area contributed by atoms with Crippen LogP contribution in [0.5, 0.6) is 0 Å². The molecule has 2 aromatic rings. The Labute approximate surface area is 121 Å². The van der Waals surface area contributed by atoms with Crippen molar-refractivity contribution in [3.8, 4) is 0 Å². The molecule has 3 nitrogen and oxygen atoms in total. The van der Waals surface area contributed by atoms with Gasteiger partial charge >= 0.3 is 0 Å². The number of nitrogens with two attached hydrogens (primary N) is 1. The van der Waals surface area contributed by atoms with Crippen molar-refractivity contribution in [2.75, 3.05) is 11.9 Å². The molecule has 2 rings (SSSR count). The first-order valence-electron chi connectivity index (χ1n) is 6.16. The summed E-state index contributed by atoms with van der Waals surface area (Å²) in [5.74, 6) is -1.02. The Balaban J connectivity index is 2.13. The van der Waals surface area contributed by atoms with Crippen molar-refractivity contribution in [2.24, 2.45) is 5.73 Å². The average Bonchev–Trinajstić information content (AvgIpc) is 2.45. The molecule has 0 aliphatic heterocycles. The number of rotatable bonds is 4. The summed E-state index contributed by atoms with van der Waals surface area (Å²) in [5.41, 5.74) is 7.02. The van der Waals surface area contributed by atoms with Gasteiger partial charge in [-0.15, -0.1) is 0 Å². The maximum Gasteiger partial charge on any atom is 0.255 e. The van der Waals surface area contributed by atoms with Crippen molar-refractivity contribution >= 4 is 23.2 Å². The zero-order valence-electron chi connectivity index (χ0n) is 10.7. The van der Waals surface area contributed by atoms with Crippen LogP contribution in [-0.4, -0.2) is 12.5 Å². The molecule has 3 N–H and O–H groups in total. The molecule has 0 unspecified atom stereocenters. The normalized spacial score (nSPS) is 10.3. The third kappa shape index (κ3) is 3.35. The Bertz CT molecular complexity index is 614. The smallest absolute Gasteiger partial charge is 0.255 e. The Hall–Kier alpha value is -1.91. The van der Waals surface area contributed by atoms with Gasteiger partial charge in [0.25, 0.3) is 5.91 Å². The van der Waals surface area contributed by atoms with Gasteiger partial charge in [-0.2, -0.15) is 0 Å². The maximum atomic E-state index is 13.7. The molecule has 0 bridgehead atoms. The van der Waals surface area contributed by atoms with E-state index in [1.807, 2.05) is 12.1 Å². The van der Waals surface area contributed by atoms with Gasteiger partial charge in [-0.1, -0.05) is 29.8 Å². The van der Waals surface area contributed by atoms with E-state index in [4.69, 9.17) is 17.3 Å². The molecule has 0 aliphatic rings. The van der Waals surface area contributed by atoms with Crippen LogP contribution in [-0.2, 0) is 6.42 Å². The Morgan fingerprint density at radius 1 is 1.20 bits per heavy atom. The van der Waals surface area contributed by atoms with E-state index in [-0.39, 0.29) is 16.6 Å². The van der Waals surface area contributed by atoms with Crippen molar-refractivity contribution in [1.29, 1.82) is 0 Å². The van der Waals surface area contributed by atoms with Crippen LogP contribution in [0.4, 0.5) is 10.1 Å². The molecule has 1 amide bonds. The van der Waals surface area contributed by atoms with Crippen LogP contribution >= 0.6 is 11.6 Å². The monoisotopic (exact) mass is 292 g/mol. The standard InChI is InChI=1S/C15H14ClFN2O/c16-12-2-1-3-13(14(12)17)19-15(20)11-6-4-10(5-7-11)8-9-18/h1-7H,8-9,18H2,(H,19,20). The van der Waals surface area contributed by atoms with Crippen molar-refractivity contribution in [3.63, 3.8) is 0 Å². The van der Waals surface area contributed by atoms with E-state index in [9.17, 15) is 9.18 Å². The van der Waals surface area contributed by atoms with Gasteiger partial charge in [0.05, 0.1) is 10.7 Å². The van der Waals surface area contributed by atoms with Crippen LogP contribution in [0.25, 0.3) is 0 Å². The highest BCUT2D eigenvalue weighted by Gasteiger charge is 2.11. The van der Waals surface area contributed by atoms with E-state index in [2.05, 4.69) is 5.32 Å². The first-order valence-corrected chi connectivity index (χ1v) is 6.54. The number of hydrogen-bond donors (Lipinski definition) is 2. The molecule has 20 heavy (non-hydrogen) atoms. The fraction of sp³-hybridized carbons (Fsp3) is 0.133. The van der Waals surface area contributed by atoms with Gasteiger partial charge in [-0.05, 0) is 42.8 Å². The van der Waals surface area contributed by atoms with Crippen LogP contribution < -0.4 is 11.1 Å².